The molecule has 0 spiro atoms. The number of rotatable bonds is 4. The number of piperidine rings is 1. The van der Waals surface area contributed by atoms with Gasteiger partial charge in [0.1, 0.15) is 23.6 Å². The summed E-state index contributed by atoms with van der Waals surface area (Å²) in [5.41, 5.74) is 0.387. The Hall–Kier alpha value is -2.08. The molecule has 1 aliphatic rings. The number of hydrogen-bond acceptors (Lipinski definition) is 5. The van der Waals surface area contributed by atoms with E-state index in [1.165, 1.54) is 0 Å². The van der Waals surface area contributed by atoms with Crippen LogP contribution in [-0.2, 0) is 16.1 Å². The zero-order valence-electron chi connectivity index (χ0n) is 15.2. The average molecular weight is 346 g/mol. The Kier molecular flexibility index (Phi) is 5.27. The Bertz CT molecular complexity index is 679. The quantitative estimate of drug-likeness (QED) is 0.837. The molecule has 6 heteroatoms. The lowest BCUT2D eigenvalue weighted by Gasteiger charge is -2.33. The molecule has 1 fully saturated rings. The molecular weight excluding hydrogens is 320 g/mol. The Morgan fingerprint density at radius 1 is 1.36 bits per heavy atom. The van der Waals surface area contributed by atoms with E-state index in [1.807, 2.05) is 32.9 Å². The van der Waals surface area contributed by atoms with Crippen molar-refractivity contribution in [1.29, 1.82) is 0 Å². The molecular formula is C19H26N2O4. The lowest BCUT2D eigenvalue weighted by atomic mass is 9.98. The first-order chi connectivity index (χ1) is 11.9. The molecule has 0 unspecified atom stereocenters. The van der Waals surface area contributed by atoms with Gasteiger partial charge in [0.05, 0.1) is 6.61 Å². The smallest absolute Gasteiger partial charge is 0.410 e. The first-order valence-electron chi connectivity index (χ1n) is 8.79. The molecule has 136 valence electrons. The Labute approximate surface area is 148 Å². The first-order valence-corrected chi connectivity index (χ1v) is 8.79. The third-order valence-electron chi connectivity index (χ3n) is 4.23. The van der Waals surface area contributed by atoms with Crippen LogP contribution < -0.4 is 0 Å². The van der Waals surface area contributed by atoms with Gasteiger partial charge in [0.15, 0.2) is 0 Å². The van der Waals surface area contributed by atoms with E-state index in [4.69, 9.17) is 13.9 Å². The van der Waals surface area contributed by atoms with Crippen molar-refractivity contribution in [1.82, 2.24) is 9.88 Å². The predicted octanol–water partition coefficient (Wildman–Crippen LogP) is 3.99. The zero-order chi connectivity index (χ0) is 17.9. The largest absolute Gasteiger partial charge is 0.458 e. The molecule has 6 nitrogen and oxygen atoms in total. The van der Waals surface area contributed by atoms with E-state index >= 15 is 0 Å². The normalized spacial score (nSPS) is 16.4. The van der Waals surface area contributed by atoms with Crippen LogP contribution in [0.2, 0.25) is 0 Å². The minimum absolute atomic E-state index is 0.220. The number of pyridine rings is 1. The fraction of sp³-hybridized carbons (Fsp3) is 0.579. The monoisotopic (exact) mass is 346 g/mol. The van der Waals surface area contributed by atoms with Gasteiger partial charge in [0.2, 0.25) is 0 Å². The lowest BCUT2D eigenvalue weighted by molar-refractivity contribution is 0.00952. The van der Waals surface area contributed by atoms with Gasteiger partial charge in [-0.1, -0.05) is 0 Å². The number of carbonyl (C=O) groups excluding carboxylic acids is 1. The van der Waals surface area contributed by atoms with Crippen LogP contribution in [-0.4, -0.2) is 41.3 Å². The Morgan fingerprint density at radius 2 is 2.12 bits per heavy atom. The maximum absolute atomic E-state index is 12.1. The van der Waals surface area contributed by atoms with Gasteiger partial charge in [-0.2, -0.15) is 0 Å². The fourth-order valence-corrected chi connectivity index (χ4v) is 2.95. The second kappa shape index (κ2) is 7.44. The van der Waals surface area contributed by atoms with Crippen molar-refractivity contribution in [3.63, 3.8) is 0 Å². The summed E-state index contributed by atoms with van der Waals surface area (Å²) < 4.78 is 17.0. The van der Waals surface area contributed by atoms with Gasteiger partial charge in [-0.3, -0.25) is 4.98 Å². The van der Waals surface area contributed by atoms with Gasteiger partial charge < -0.3 is 18.8 Å². The molecule has 2 aromatic rings. The molecule has 3 heterocycles. The number of aromatic nitrogens is 1. The van der Waals surface area contributed by atoms with Crippen LogP contribution in [0.5, 0.6) is 0 Å². The maximum atomic E-state index is 12.1. The number of ether oxygens (including phenoxy) is 2. The summed E-state index contributed by atoms with van der Waals surface area (Å²) in [5.74, 6) is 1.28. The number of carbonyl (C=O) groups is 1. The third kappa shape index (κ3) is 4.95. The molecule has 0 aromatic carbocycles. The van der Waals surface area contributed by atoms with E-state index in [1.54, 1.807) is 17.3 Å². The third-order valence-corrected chi connectivity index (χ3v) is 4.23. The number of nitrogens with zero attached hydrogens (tertiary/aromatic N) is 2. The SMILES string of the molecule is CC(C)(C)OC(=O)N1CCC(COCc2cc3cnccc3o2)CC1. The summed E-state index contributed by atoms with van der Waals surface area (Å²) in [6.07, 6.45) is 5.15. The van der Waals surface area contributed by atoms with E-state index in [0.29, 0.717) is 19.1 Å². The van der Waals surface area contributed by atoms with Gasteiger partial charge in [-0.05, 0) is 51.7 Å². The molecule has 25 heavy (non-hydrogen) atoms. The highest BCUT2D eigenvalue weighted by molar-refractivity contribution is 5.76. The first kappa shape index (κ1) is 17.7. The second-order valence-corrected chi connectivity index (χ2v) is 7.55. The van der Waals surface area contributed by atoms with Crippen molar-refractivity contribution in [3.8, 4) is 0 Å². The van der Waals surface area contributed by atoms with E-state index < -0.39 is 5.60 Å². The molecule has 3 rings (SSSR count). The summed E-state index contributed by atoms with van der Waals surface area (Å²) in [4.78, 5) is 17.9. The van der Waals surface area contributed by atoms with E-state index in [0.717, 1.165) is 42.7 Å². The zero-order valence-corrected chi connectivity index (χ0v) is 15.2. The molecule has 0 N–H and O–H groups in total. The van der Waals surface area contributed by atoms with Crippen molar-refractivity contribution in [2.45, 2.75) is 45.8 Å². The summed E-state index contributed by atoms with van der Waals surface area (Å²) in [6, 6.07) is 3.82. The van der Waals surface area contributed by atoms with Crippen LogP contribution in [0.1, 0.15) is 39.4 Å². The molecule has 0 aliphatic carbocycles. The standard InChI is InChI=1S/C19H26N2O4/c1-19(2,3)25-18(22)21-8-5-14(6-9-21)12-23-13-16-10-15-11-20-7-4-17(15)24-16/h4,7,10-11,14H,5-6,8-9,12-13H2,1-3H3. The Balaban J connectivity index is 1.40. The predicted molar refractivity (Wildman–Crippen MR) is 94.2 cm³/mol. The molecule has 0 radical (unpaired) electrons. The highest BCUT2D eigenvalue weighted by Gasteiger charge is 2.26. The van der Waals surface area contributed by atoms with E-state index in [2.05, 4.69) is 4.98 Å². The fourth-order valence-electron chi connectivity index (χ4n) is 2.95. The average Bonchev–Trinajstić information content (AvgIpc) is 2.96. The molecule has 0 atom stereocenters. The molecule has 0 bridgehead atoms. The minimum Gasteiger partial charge on any atom is -0.458 e. The molecule has 2 aromatic heterocycles. The summed E-state index contributed by atoms with van der Waals surface area (Å²) in [7, 11) is 0. The number of hydrogen-bond donors (Lipinski definition) is 0. The van der Waals surface area contributed by atoms with Gasteiger partial charge in [-0.15, -0.1) is 0 Å². The van der Waals surface area contributed by atoms with Crippen LogP contribution in [0.3, 0.4) is 0 Å². The van der Waals surface area contributed by atoms with Crippen LogP contribution in [0.15, 0.2) is 28.9 Å². The van der Waals surface area contributed by atoms with Gasteiger partial charge in [0.25, 0.3) is 0 Å². The van der Waals surface area contributed by atoms with Crippen molar-refractivity contribution in [2.24, 2.45) is 5.92 Å². The topological polar surface area (TPSA) is 64.8 Å². The number of fused-ring (bicyclic) bond motifs is 1. The van der Waals surface area contributed by atoms with Crippen molar-refractivity contribution >= 4 is 17.1 Å². The van der Waals surface area contributed by atoms with Crippen molar-refractivity contribution in [2.75, 3.05) is 19.7 Å². The molecule has 1 saturated heterocycles. The van der Waals surface area contributed by atoms with Gasteiger partial charge in [0, 0.05) is 30.9 Å². The van der Waals surface area contributed by atoms with E-state index in [-0.39, 0.29) is 6.09 Å². The maximum Gasteiger partial charge on any atom is 0.410 e. The number of likely N-dealkylation sites (tertiary alicyclic amines) is 1. The van der Waals surface area contributed by atoms with Crippen LogP contribution in [0.4, 0.5) is 4.79 Å². The highest BCUT2D eigenvalue weighted by Crippen LogP contribution is 2.22. The van der Waals surface area contributed by atoms with Crippen LogP contribution >= 0.6 is 0 Å². The lowest BCUT2D eigenvalue weighted by Crippen LogP contribution is -2.42. The van der Waals surface area contributed by atoms with Crippen LogP contribution in [0, 0.1) is 5.92 Å². The van der Waals surface area contributed by atoms with Crippen molar-refractivity contribution in [3.05, 3.63) is 30.3 Å². The van der Waals surface area contributed by atoms with E-state index in [9.17, 15) is 4.79 Å². The summed E-state index contributed by atoms with van der Waals surface area (Å²) in [5, 5.41) is 0.992. The summed E-state index contributed by atoms with van der Waals surface area (Å²) in [6.45, 7) is 8.25. The molecule has 1 aliphatic heterocycles. The number of amides is 1. The molecule has 0 saturated carbocycles. The number of furan rings is 1. The van der Waals surface area contributed by atoms with Gasteiger partial charge in [-0.25, -0.2) is 4.79 Å². The minimum atomic E-state index is -0.445. The Morgan fingerprint density at radius 3 is 2.80 bits per heavy atom. The van der Waals surface area contributed by atoms with Crippen molar-refractivity contribution < 1.29 is 18.7 Å². The van der Waals surface area contributed by atoms with Crippen LogP contribution in [0.25, 0.3) is 11.0 Å². The second-order valence-electron chi connectivity index (χ2n) is 7.55. The van der Waals surface area contributed by atoms with Gasteiger partial charge >= 0.3 is 6.09 Å². The highest BCUT2D eigenvalue weighted by atomic mass is 16.6. The summed E-state index contributed by atoms with van der Waals surface area (Å²) >= 11 is 0. The molecule has 1 amide bonds.